The number of nitro groups is 1. The van der Waals surface area contributed by atoms with Crippen molar-refractivity contribution >= 4 is 40.2 Å². The van der Waals surface area contributed by atoms with Crippen LogP contribution in [-0.4, -0.2) is 37.3 Å². The minimum Gasteiger partial charge on any atom is -0.272 e. The lowest BCUT2D eigenvalue weighted by Gasteiger charge is -2.24. The van der Waals surface area contributed by atoms with E-state index in [-0.39, 0.29) is 29.3 Å². The number of non-ortho nitro benzene ring substituents is 1. The van der Waals surface area contributed by atoms with E-state index < -0.39 is 10.8 Å². The number of amides is 2. The number of nitrogens with zero attached hydrogens (tertiary/aromatic N) is 4. The van der Waals surface area contributed by atoms with Crippen LogP contribution >= 0.6 is 11.8 Å². The fourth-order valence-corrected chi connectivity index (χ4v) is 4.14. The zero-order chi connectivity index (χ0) is 19.7. The van der Waals surface area contributed by atoms with Crippen molar-refractivity contribution in [3.05, 3.63) is 70.4 Å². The quantitative estimate of drug-likeness (QED) is 0.522. The molecule has 10 heteroatoms. The molecule has 1 unspecified atom stereocenters. The van der Waals surface area contributed by atoms with Gasteiger partial charge in [0.1, 0.15) is 11.9 Å². The summed E-state index contributed by atoms with van der Waals surface area (Å²) < 4.78 is 1.44. The second-order valence-corrected chi connectivity index (χ2v) is 7.24. The maximum Gasteiger partial charge on any atom is 0.270 e. The number of hydrogen-bond donors (Lipinski definition) is 1. The van der Waals surface area contributed by atoms with Crippen LogP contribution in [0.2, 0.25) is 0 Å². The number of nitrogens with one attached hydrogen (secondary N) is 1. The molecule has 1 fully saturated rings. The summed E-state index contributed by atoms with van der Waals surface area (Å²) in [7, 11) is 0. The lowest BCUT2D eigenvalue weighted by atomic mass is 10.2. The summed E-state index contributed by atoms with van der Waals surface area (Å²) >= 11 is 1.44. The number of nitro benzene ring substituents is 1. The Kier molecular flexibility index (Phi) is 4.70. The summed E-state index contributed by atoms with van der Waals surface area (Å²) in [6, 6.07) is 13.8. The fourth-order valence-electron chi connectivity index (χ4n) is 3.03. The number of carbonyl (C=O) groups is 2. The number of aromatic nitrogens is 2. The van der Waals surface area contributed by atoms with Gasteiger partial charge in [0.2, 0.25) is 0 Å². The lowest BCUT2D eigenvalue weighted by Crippen LogP contribution is -2.45. The zero-order valence-corrected chi connectivity index (χ0v) is 15.3. The van der Waals surface area contributed by atoms with Crippen molar-refractivity contribution < 1.29 is 14.5 Å². The maximum absolute atomic E-state index is 12.5. The molecule has 0 aliphatic carbocycles. The smallest absolute Gasteiger partial charge is 0.270 e. The second-order valence-electron chi connectivity index (χ2n) is 6.18. The van der Waals surface area contributed by atoms with Crippen molar-refractivity contribution in [3.8, 4) is 0 Å². The standard InChI is InChI=1S/C18H15N5O4S/c24-16(10-21-15-7-6-14(23(26)27)8-13(15)9-19-21)20-22-17(25)11-28-18(22)12-4-2-1-3-5-12/h1-9,18H,10-11H2,(H,20,24). The molecule has 28 heavy (non-hydrogen) atoms. The first-order chi connectivity index (χ1) is 13.5. The zero-order valence-electron chi connectivity index (χ0n) is 14.5. The second kappa shape index (κ2) is 7.31. The molecule has 2 heterocycles. The van der Waals surface area contributed by atoms with E-state index in [1.54, 1.807) is 6.07 Å². The van der Waals surface area contributed by atoms with E-state index in [1.165, 1.54) is 39.8 Å². The van der Waals surface area contributed by atoms with Crippen LogP contribution in [0.5, 0.6) is 0 Å². The highest BCUT2D eigenvalue weighted by Gasteiger charge is 2.34. The van der Waals surface area contributed by atoms with Gasteiger partial charge < -0.3 is 0 Å². The average molecular weight is 397 g/mol. The summed E-state index contributed by atoms with van der Waals surface area (Å²) in [6.45, 7) is -0.114. The summed E-state index contributed by atoms with van der Waals surface area (Å²) in [6.07, 6.45) is 1.47. The topological polar surface area (TPSA) is 110 Å². The molecule has 1 aliphatic heterocycles. The first-order valence-electron chi connectivity index (χ1n) is 8.41. The molecular weight excluding hydrogens is 382 g/mol. The van der Waals surface area contributed by atoms with Crippen molar-refractivity contribution in [1.82, 2.24) is 20.2 Å². The minimum absolute atomic E-state index is 0.0399. The van der Waals surface area contributed by atoms with E-state index in [0.717, 1.165) is 5.56 Å². The molecule has 1 N–H and O–H groups in total. The molecule has 0 saturated carbocycles. The van der Waals surface area contributed by atoms with Crippen LogP contribution < -0.4 is 5.43 Å². The Morgan fingerprint density at radius 3 is 2.82 bits per heavy atom. The van der Waals surface area contributed by atoms with E-state index in [1.807, 2.05) is 30.3 Å². The Bertz CT molecular complexity index is 1070. The van der Waals surface area contributed by atoms with Crippen LogP contribution in [0.25, 0.3) is 10.9 Å². The molecule has 2 aromatic carbocycles. The predicted molar refractivity (Wildman–Crippen MR) is 103 cm³/mol. The Labute approximate surface area is 163 Å². The molecule has 9 nitrogen and oxygen atoms in total. The third kappa shape index (κ3) is 3.41. The molecule has 1 atom stereocenters. The van der Waals surface area contributed by atoms with Crippen LogP contribution in [0.15, 0.2) is 54.7 Å². The number of fused-ring (bicyclic) bond motifs is 1. The highest BCUT2D eigenvalue weighted by Crippen LogP contribution is 2.37. The number of hydrazine groups is 1. The van der Waals surface area contributed by atoms with Crippen LogP contribution in [0.3, 0.4) is 0 Å². The van der Waals surface area contributed by atoms with Gasteiger partial charge >= 0.3 is 0 Å². The molecular formula is C18H15N5O4S. The molecule has 0 radical (unpaired) electrons. The molecule has 4 rings (SSSR count). The SMILES string of the molecule is O=C(Cn1ncc2cc([N+](=O)[O-])ccc21)NN1C(=O)CSC1c1ccccc1. The Morgan fingerprint density at radius 1 is 1.29 bits per heavy atom. The van der Waals surface area contributed by atoms with Gasteiger partial charge in [0.05, 0.1) is 22.4 Å². The summed E-state index contributed by atoms with van der Waals surface area (Å²) in [5.74, 6) is -0.290. The monoisotopic (exact) mass is 397 g/mol. The molecule has 0 spiro atoms. The van der Waals surface area contributed by atoms with Gasteiger partial charge in [-0.15, -0.1) is 11.8 Å². The Morgan fingerprint density at radius 2 is 2.07 bits per heavy atom. The molecule has 1 aliphatic rings. The lowest BCUT2D eigenvalue weighted by molar-refractivity contribution is -0.384. The van der Waals surface area contributed by atoms with Crippen molar-refractivity contribution in [3.63, 3.8) is 0 Å². The third-order valence-corrected chi connectivity index (χ3v) is 5.54. The van der Waals surface area contributed by atoms with Gasteiger partial charge in [-0.3, -0.25) is 29.8 Å². The normalized spacial score (nSPS) is 16.5. The fraction of sp³-hybridized carbons (Fsp3) is 0.167. The molecule has 3 aromatic rings. The number of hydrogen-bond acceptors (Lipinski definition) is 6. The molecule has 0 bridgehead atoms. The largest absolute Gasteiger partial charge is 0.272 e. The maximum atomic E-state index is 12.5. The van der Waals surface area contributed by atoms with Gasteiger partial charge in [-0.1, -0.05) is 30.3 Å². The highest BCUT2D eigenvalue weighted by atomic mass is 32.2. The van der Waals surface area contributed by atoms with Crippen molar-refractivity contribution in [1.29, 1.82) is 0 Å². The van der Waals surface area contributed by atoms with Crippen LogP contribution in [0.4, 0.5) is 5.69 Å². The summed E-state index contributed by atoms with van der Waals surface area (Å²) in [5, 5.41) is 16.6. The average Bonchev–Trinajstić information content (AvgIpc) is 3.26. The van der Waals surface area contributed by atoms with Crippen molar-refractivity contribution in [2.45, 2.75) is 11.9 Å². The Balaban J connectivity index is 1.50. The van der Waals surface area contributed by atoms with Gasteiger partial charge in [0.25, 0.3) is 17.5 Å². The van der Waals surface area contributed by atoms with Gasteiger partial charge in [0, 0.05) is 17.5 Å². The number of benzene rings is 2. The van der Waals surface area contributed by atoms with E-state index in [0.29, 0.717) is 10.9 Å². The van der Waals surface area contributed by atoms with Crippen LogP contribution in [0, 0.1) is 10.1 Å². The molecule has 1 saturated heterocycles. The molecule has 2 amide bonds. The highest BCUT2D eigenvalue weighted by molar-refractivity contribution is 8.00. The van der Waals surface area contributed by atoms with Gasteiger partial charge in [-0.05, 0) is 11.6 Å². The summed E-state index contributed by atoms with van der Waals surface area (Å²) in [4.78, 5) is 35.1. The van der Waals surface area contributed by atoms with E-state index in [2.05, 4.69) is 10.5 Å². The number of rotatable bonds is 5. The minimum atomic E-state index is -0.482. The van der Waals surface area contributed by atoms with Crippen LogP contribution in [0.1, 0.15) is 10.9 Å². The van der Waals surface area contributed by atoms with Crippen LogP contribution in [-0.2, 0) is 16.1 Å². The molecule has 142 valence electrons. The van der Waals surface area contributed by atoms with E-state index in [9.17, 15) is 19.7 Å². The van der Waals surface area contributed by atoms with E-state index >= 15 is 0 Å². The third-order valence-electron chi connectivity index (χ3n) is 4.33. The molecule has 1 aromatic heterocycles. The van der Waals surface area contributed by atoms with Gasteiger partial charge in [-0.2, -0.15) is 5.10 Å². The Hall–Kier alpha value is -3.40. The van der Waals surface area contributed by atoms with Crippen molar-refractivity contribution in [2.75, 3.05) is 5.75 Å². The first kappa shape index (κ1) is 18.0. The van der Waals surface area contributed by atoms with Crippen molar-refractivity contribution in [2.24, 2.45) is 0 Å². The van der Waals surface area contributed by atoms with Gasteiger partial charge in [-0.25, -0.2) is 5.01 Å². The summed E-state index contributed by atoms with van der Waals surface area (Å²) in [5.41, 5.74) is 4.15. The van der Waals surface area contributed by atoms with Gasteiger partial charge in [0.15, 0.2) is 0 Å². The number of thioether (sulfide) groups is 1. The number of carbonyl (C=O) groups excluding carboxylic acids is 2. The first-order valence-corrected chi connectivity index (χ1v) is 9.46. The van der Waals surface area contributed by atoms with E-state index in [4.69, 9.17) is 0 Å². The predicted octanol–water partition coefficient (Wildman–Crippen LogP) is 2.25.